The van der Waals surface area contributed by atoms with Crippen LogP contribution in [0.15, 0.2) is 225 Å². The summed E-state index contributed by atoms with van der Waals surface area (Å²) in [5.74, 6) is 0. The van der Waals surface area contributed by atoms with Gasteiger partial charge in [-0.3, -0.25) is 15.0 Å². The van der Waals surface area contributed by atoms with E-state index in [0.29, 0.717) is 0 Å². The van der Waals surface area contributed by atoms with E-state index in [2.05, 4.69) is 210 Å². The number of nitrogens with zero attached hydrogens (tertiary/aromatic N) is 5. The Morgan fingerprint density at radius 1 is 0.338 bits per heavy atom. The van der Waals surface area contributed by atoms with Gasteiger partial charge in [0.05, 0.1) is 33.6 Å². The maximum Gasteiger partial charge on any atom is 0.0994 e. The summed E-state index contributed by atoms with van der Waals surface area (Å²) in [5, 5.41) is 7.47. The number of rotatable bonds is 12. The normalized spacial score (nSPS) is 11.5. The van der Waals surface area contributed by atoms with Crippen LogP contribution in [0.25, 0.3) is 94.3 Å². The average molecular weight is 914 g/mol. The summed E-state index contributed by atoms with van der Waals surface area (Å²) in [4.78, 5) is 14.2. The molecule has 0 atom stereocenters. The lowest BCUT2D eigenvalue weighted by Crippen LogP contribution is -1.99. The van der Waals surface area contributed by atoms with Crippen molar-refractivity contribution in [1.29, 1.82) is 0 Å². The lowest BCUT2D eigenvalue weighted by atomic mass is 9.89. The quantitative estimate of drug-likeness (QED) is 0.115. The molecule has 0 aliphatic heterocycles. The molecule has 5 heterocycles. The molecule has 0 radical (unpaired) electrons. The van der Waals surface area contributed by atoms with Crippen LogP contribution in [-0.4, -0.2) is 24.6 Å². The standard InChI is InChI=1S/C66H51N5/c1-44-45(2)70-71-65(44)61-43-55(34-35-60(61)64-66(71)59(36-39-69-64)52-32-30-51(31-33-52)50-12-4-3-5-13-50)57-14-6-7-15-58(57)56-41-48(20-18-46-22-26-53(27-23-46)62-16-8-10-37-67-62)40-49(42-56)21-19-47-24-28-54(29-25-47)63-17-9-11-38-68-63/h3-17,22-43H,18-21H2,1-2H3. The van der Waals surface area contributed by atoms with Gasteiger partial charge in [0.25, 0.3) is 0 Å². The lowest BCUT2D eigenvalue weighted by Gasteiger charge is -2.16. The Morgan fingerprint density at radius 2 is 0.859 bits per heavy atom. The number of aromatic nitrogens is 5. The minimum atomic E-state index is 0.928. The van der Waals surface area contributed by atoms with E-state index in [1.807, 2.05) is 42.9 Å². The van der Waals surface area contributed by atoms with Crippen molar-refractivity contribution in [2.75, 3.05) is 0 Å². The van der Waals surface area contributed by atoms with Crippen LogP contribution in [0.1, 0.15) is 33.5 Å². The largest absolute Gasteiger partial charge is 0.256 e. The first-order valence-electron chi connectivity index (χ1n) is 24.6. The summed E-state index contributed by atoms with van der Waals surface area (Å²) < 4.78 is 2.15. The molecule has 0 spiro atoms. The fourth-order valence-corrected chi connectivity index (χ4v) is 10.3. The zero-order valence-corrected chi connectivity index (χ0v) is 39.9. The molecular formula is C66H51N5. The highest BCUT2D eigenvalue weighted by molar-refractivity contribution is 6.15. The van der Waals surface area contributed by atoms with Crippen molar-refractivity contribution in [3.63, 3.8) is 0 Å². The van der Waals surface area contributed by atoms with Crippen LogP contribution in [0.3, 0.4) is 0 Å². The van der Waals surface area contributed by atoms with Gasteiger partial charge in [-0.1, -0.05) is 170 Å². The van der Waals surface area contributed by atoms with Gasteiger partial charge in [0, 0.05) is 46.1 Å². The van der Waals surface area contributed by atoms with Crippen molar-refractivity contribution in [2.24, 2.45) is 0 Å². The Bertz CT molecular complexity index is 3740. The SMILES string of the molecule is Cc1nn2c(c1C)c1cc(-c3ccccc3-c3cc(CCc4ccc(-c5ccccn5)cc4)cc(CCc4ccc(-c5ccccn5)cc4)c3)ccc1c1nccc(-c3ccc(-c4ccccc4)cc3)c12. The van der Waals surface area contributed by atoms with Crippen LogP contribution >= 0.6 is 0 Å². The Morgan fingerprint density at radius 3 is 1.46 bits per heavy atom. The van der Waals surface area contributed by atoms with Crippen molar-refractivity contribution in [2.45, 2.75) is 39.5 Å². The molecule has 5 heteroatoms. The Labute approximate surface area is 414 Å². The van der Waals surface area contributed by atoms with Crippen molar-refractivity contribution in [3.05, 3.63) is 258 Å². The fraction of sp³-hybridized carbons (Fsp3) is 0.0909. The number of pyridine rings is 4. The van der Waals surface area contributed by atoms with Crippen molar-refractivity contribution < 1.29 is 0 Å². The highest BCUT2D eigenvalue weighted by Gasteiger charge is 2.20. The summed E-state index contributed by atoms with van der Waals surface area (Å²) in [6.07, 6.45) is 9.39. The van der Waals surface area contributed by atoms with E-state index < -0.39 is 0 Å². The van der Waals surface area contributed by atoms with E-state index in [-0.39, 0.29) is 0 Å². The van der Waals surface area contributed by atoms with Crippen LogP contribution in [0.2, 0.25) is 0 Å². The first-order chi connectivity index (χ1) is 35.0. The third-order valence-electron chi connectivity index (χ3n) is 14.2. The highest BCUT2D eigenvalue weighted by atomic mass is 15.2. The third-order valence-corrected chi connectivity index (χ3v) is 14.2. The summed E-state index contributed by atoms with van der Waals surface area (Å²) in [6.45, 7) is 4.31. The molecule has 0 aliphatic carbocycles. The summed E-state index contributed by atoms with van der Waals surface area (Å²) in [5.41, 5.74) is 24.2. The lowest BCUT2D eigenvalue weighted by molar-refractivity contribution is 0.931. The van der Waals surface area contributed by atoms with E-state index in [9.17, 15) is 0 Å². The first kappa shape index (κ1) is 43.5. The Kier molecular flexibility index (Phi) is 11.6. The molecule has 0 saturated heterocycles. The molecule has 12 rings (SSSR count). The monoisotopic (exact) mass is 913 g/mol. The van der Waals surface area contributed by atoms with Crippen LogP contribution in [0, 0.1) is 13.8 Å². The van der Waals surface area contributed by atoms with Gasteiger partial charge in [-0.25, -0.2) is 4.52 Å². The van der Waals surface area contributed by atoms with Crippen molar-refractivity contribution in [1.82, 2.24) is 24.6 Å². The molecule has 5 nitrogen and oxygen atoms in total. The molecule has 12 aromatic rings. The molecule has 71 heavy (non-hydrogen) atoms. The topological polar surface area (TPSA) is 56.0 Å². The number of aryl methyl sites for hydroxylation is 6. The molecule has 0 unspecified atom stereocenters. The predicted molar refractivity (Wildman–Crippen MR) is 293 cm³/mol. The fourth-order valence-electron chi connectivity index (χ4n) is 10.3. The second-order valence-electron chi connectivity index (χ2n) is 18.6. The van der Waals surface area contributed by atoms with Gasteiger partial charge < -0.3 is 0 Å². The number of fused-ring (bicyclic) bond motifs is 6. The Hall–Kier alpha value is -8.80. The molecule has 7 aromatic carbocycles. The number of hydrogen-bond donors (Lipinski definition) is 0. The van der Waals surface area contributed by atoms with Crippen LogP contribution in [0.5, 0.6) is 0 Å². The molecule has 0 amide bonds. The third kappa shape index (κ3) is 8.68. The van der Waals surface area contributed by atoms with Gasteiger partial charge in [-0.2, -0.15) is 5.10 Å². The Balaban J connectivity index is 0.915. The molecule has 340 valence electrons. The summed E-state index contributed by atoms with van der Waals surface area (Å²) in [7, 11) is 0. The van der Waals surface area contributed by atoms with Gasteiger partial charge in [-0.15, -0.1) is 0 Å². The van der Waals surface area contributed by atoms with E-state index in [1.165, 1.54) is 55.6 Å². The van der Waals surface area contributed by atoms with E-state index in [0.717, 1.165) is 97.9 Å². The van der Waals surface area contributed by atoms with Crippen LogP contribution < -0.4 is 0 Å². The number of hydrogen-bond acceptors (Lipinski definition) is 4. The minimum Gasteiger partial charge on any atom is -0.256 e. The van der Waals surface area contributed by atoms with Crippen LogP contribution in [0.4, 0.5) is 0 Å². The molecule has 0 aliphatic rings. The summed E-state index contributed by atoms with van der Waals surface area (Å²) >= 11 is 0. The van der Waals surface area contributed by atoms with Gasteiger partial charge >= 0.3 is 0 Å². The zero-order valence-electron chi connectivity index (χ0n) is 39.9. The van der Waals surface area contributed by atoms with Gasteiger partial charge in [0.2, 0.25) is 0 Å². The second-order valence-corrected chi connectivity index (χ2v) is 18.6. The smallest absolute Gasteiger partial charge is 0.0994 e. The van der Waals surface area contributed by atoms with Gasteiger partial charge in [0.15, 0.2) is 0 Å². The van der Waals surface area contributed by atoms with E-state index in [1.54, 1.807) is 0 Å². The molecule has 0 N–H and O–H groups in total. The van der Waals surface area contributed by atoms with Crippen molar-refractivity contribution in [3.8, 4) is 67.0 Å². The van der Waals surface area contributed by atoms with E-state index in [4.69, 9.17) is 10.1 Å². The van der Waals surface area contributed by atoms with E-state index >= 15 is 0 Å². The number of benzene rings is 7. The van der Waals surface area contributed by atoms with Gasteiger partial charge in [-0.05, 0) is 143 Å². The highest BCUT2D eigenvalue weighted by Crippen LogP contribution is 2.40. The van der Waals surface area contributed by atoms with Crippen LogP contribution in [-0.2, 0) is 25.7 Å². The maximum absolute atomic E-state index is 5.22. The molecule has 5 aromatic heterocycles. The molecular weight excluding hydrogens is 863 g/mol. The minimum absolute atomic E-state index is 0.928. The summed E-state index contributed by atoms with van der Waals surface area (Å²) in [6, 6.07) is 74.6. The predicted octanol–water partition coefficient (Wildman–Crippen LogP) is 16.0. The average Bonchev–Trinajstić information content (AvgIpc) is 3.75. The zero-order chi connectivity index (χ0) is 47.7. The molecule has 0 saturated carbocycles. The van der Waals surface area contributed by atoms with Gasteiger partial charge in [0.1, 0.15) is 0 Å². The molecule has 0 bridgehead atoms. The maximum atomic E-state index is 5.22. The van der Waals surface area contributed by atoms with Crippen molar-refractivity contribution >= 4 is 27.3 Å². The first-order valence-corrected chi connectivity index (χ1v) is 24.6. The second kappa shape index (κ2) is 18.9. The molecule has 0 fully saturated rings.